The molecule has 0 saturated carbocycles. The lowest BCUT2D eigenvalue weighted by molar-refractivity contribution is -0.137. The lowest BCUT2D eigenvalue weighted by Gasteiger charge is -2.14. The van der Waals surface area contributed by atoms with Gasteiger partial charge in [0.2, 0.25) is 5.76 Å². The van der Waals surface area contributed by atoms with Crippen LogP contribution in [-0.2, 0) is 15.7 Å². The molecule has 0 fully saturated rings. The minimum atomic E-state index is -4.48. The van der Waals surface area contributed by atoms with Crippen molar-refractivity contribution in [1.29, 1.82) is 0 Å². The third-order valence-electron chi connectivity index (χ3n) is 3.37. The van der Waals surface area contributed by atoms with Gasteiger partial charge in [-0.15, -0.1) is 0 Å². The summed E-state index contributed by atoms with van der Waals surface area (Å²) in [5.41, 5.74) is -0.654. The van der Waals surface area contributed by atoms with Crippen LogP contribution in [0.15, 0.2) is 40.8 Å². The molecule has 2 rings (SSSR count). The molecule has 8 heteroatoms. The zero-order valence-electron chi connectivity index (χ0n) is 14.4. The van der Waals surface area contributed by atoms with E-state index in [0.717, 1.165) is 12.1 Å². The van der Waals surface area contributed by atoms with Crippen molar-refractivity contribution in [2.75, 3.05) is 0 Å². The molecule has 0 aliphatic heterocycles. The number of hydrogen-bond acceptors (Lipinski definition) is 4. The Morgan fingerprint density at radius 2 is 1.81 bits per heavy atom. The molecule has 26 heavy (non-hydrogen) atoms. The smallest absolute Gasteiger partial charge is 0.416 e. The van der Waals surface area contributed by atoms with Crippen LogP contribution >= 0.6 is 0 Å². The lowest BCUT2D eigenvalue weighted by atomic mass is 10.1. The summed E-state index contributed by atoms with van der Waals surface area (Å²) in [7, 11) is 0. The third kappa shape index (κ3) is 4.87. The summed E-state index contributed by atoms with van der Waals surface area (Å²) < 4.78 is 48.6. The van der Waals surface area contributed by atoms with Gasteiger partial charge in [-0.1, -0.05) is 12.1 Å². The van der Waals surface area contributed by atoms with Crippen molar-refractivity contribution in [3.63, 3.8) is 0 Å². The van der Waals surface area contributed by atoms with Crippen molar-refractivity contribution in [2.24, 2.45) is 0 Å². The Balaban J connectivity index is 2.12. The van der Waals surface area contributed by atoms with Crippen molar-refractivity contribution < 1.29 is 31.9 Å². The van der Waals surface area contributed by atoms with Crippen LogP contribution in [0.3, 0.4) is 0 Å². The molecular formula is C18H18F3NO4. The summed E-state index contributed by atoms with van der Waals surface area (Å²) in [4.78, 5) is 23.8. The van der Waals surface area contributed by atoms with Gasteiger partial charge in [0, 0.05) is 11.6 Å². The zero-order chi connectivity index (χ0) is 19.5. The number of hydrogen-bond donors (Lipinski definition) is 1. The predicted molar refractivity (Wildman–Crippen MR) is 87.3 cm³/mol. The second kappa shape index (κ2) is 7.63. The Hall–Kier alpha value is -2.77. The number of furan rings is 1. The van der Waals surface area contributed by atoms with E-state index in [1.54, 1.807) is 13.8 Å². The molecule has 0 bridgehead atoms. The molecule has 1 aromatic heterocycles. The molecule has 5 nitrogen and oxygen atoms in total. The summed E-state index contributed by atoms with van der Waals surface area (Å²) in [6.45, 7) is 4.94. The molecule has 0 spiro atoms. The first-order valence-corrected chi connectivity index (χ1v) is 7.86. The average Bonchev–Trinajstić information content (AvgIpc) is 3.03. The molecule has 1 aromatic carbocycles. The highest BCUT2D eigenvalue weighted by molar-refractivity contribution is 5.90. The summed E-state index contributed by atoms with van der Waals surface area (Å²) in [5.74, 6) is -1.46. The van der Waals surface area contributed by atoms with Crippen molar-refractivity contribution in [3.8, 4) is 11.3 Å². The molecule has 0 aliphatic rings. The Kier molecular flexibility index (Phi) is 5.74. The maximum Gasteiger partial charge on any atom is 0.416 e. The van der Waals surface area contributed by atoms with Crippen LogP contribution < -0.4 is 5.32 Å². The minimum absolute atomic E-state index is 0.0855. The largest absolute Gasteiger partial charge is 0.449 e. The highest BCUT2D eigenvalue weighted by atomic mass is 19.4. The first-order valence-electron chi connectivity index (χ1n) is 7.86. The number of carbonyl (C=O) groups is 2. The molecule has 0 unspecified atom stereocenters. The van der Waals surface area contributed by atoms with E-state index < -0.39 is 29.7 Å². The van der Waals surface area contributed by atoms with E-state index in [4.69, 9.17) is 9.15 Å². The van der Waals surface area contributed by atoms with Crippen molar-refractivity contribution >= 4 is 11.9 Å². The number of benzene rings is 1. The van der Waals surface area contributed by atoms with E-state index in [2.05, 4.69) is 5.32 Å². The summed E-state index contributed by atoms with van der Waals surface area (Å²) in [5, 5.41) is 2.60. The Morgan fingerprint density at radius 1 is 1.12 bits per heavy atom. The summed E-state index contributed by atoms with van der Waals surface area (Å²) >= 11 is 0. The average molecular weight is 369 g/mol. The highest BCUT2D eigenvalue weighted by Gasteiger charge is 2.30. The molecule has 2 aromatic rings. The van der Waals surface area contributed by atoms with Crippen molar-refractivity contribution in [3.05, 3.63) is 47.7 Å². The van der Waals surface area contributed by atoms with Gasteiger partial charge < -0.3 is 14.5 Å². The van der Waals surface area contributed by atoms with Crippen LogP contribution in [0.5, 0.6) is 0 Å². The first-order chi connectivity index (χ1) is 12.1. The van der Waals surface area contributed by atoms with Gasteiger partial charge in [0.15, 0.2) is 6.10 Å². The number of halogens is 3. The van der Waals surface area contributed by atoms with Crippen LogP contribution in [0.2, 0.25) is 0 Å². The predicted octanol–water partition coefficient (Wildman–Crippen LogP) is 4.04. The van der Waals surface area contributed by atoms with Gasteiger partial charge in [-0.3, -0.25) is 4.79 Å². The molecule has 140 valence electrons. The van der Waals surface area contributed by atoms with E-state index in [0.29, 0.717) is 0 Å². The third-order valence-corrected chi connectivity index (χ3v) is 3.37. The summed E-state index contributed by atoms with van der Waals surface area (Å²) in [6.07, 6.45) is -5.52. The summed E-state index contributed by atoms with van der Waals surface area (Å²) in [6, 6.07) is 7.08. The number of amides is 1. The maximum atomic E-state index is 12.8. The van der Waals surface area contributed by atoms with Crippen LogP contribution in [0.4, 0.5) is 13.2 Å². The molecule has 0 aliphatic carbocycles. The number of rotatable bonds is 5. The highest BCUT2D eigenvalue weighted by Crippen LogP contribution is 2.32. The number of alkyl halides is 3. The first kappa shape index (κ1) is 19.6. The second-order valence-corrected chi connectivity index (χ2v) is 5.95. The Morgan fingerprint density at radius 3 is 2.42 bits per heavy atom. The Bertz CT molecular complexity index is 796. The van der Waals surface area contributed by atoms with E-state index in [1.165, 1.54) is 31.2 Å². The molecular weight excluding hydrogens is 351 g/mol. The zero-order valence-corrected chi connectivity index (χ0v) is 14.4. The van der Waals surface area contributed by atoms with Crippen LogP contribution in [0.1, 0.15) is 36.9 Å². The molecule has 1 atom stereocenters. The van der Waals surface area contributed by atoms with Gasteiger partial charge in [0.25, 0.3) is 5.91 Å². The van der Waals surface area contributed by atoms with E-state index in [1.807, 2.05) is 0 Å². The molecule has 1 heterocycles. The molecule has 1 amide bonds. The Labute approximate surface area is 148 Å². The van der Waals surface area contributed by atoms with E-state index >= 15 is 0 Å². The van der Waals surface area contributed by atoms with Gasteiger partial charge >= 0.3 is 12.1 Å². The normalized spacial score (nSPS) is 12.7. The van der Waals surface area contributed by atoms with E-state index in [-0.39, 0.29) is 23.1 Å². The topological polar surface area (TPSA) is 68.5 Å². The minimum Gasteiger partial charge on any atom is -0.449 e. The van der Waals surface area contributed by atoms with Crippen molar-refractivity contribution in [1.82, 2.24) is 5.32 Å². The molecule has 0 radical (unpaired) electrons. The monoisotopic (exact) mass is 369 g/mol. The van der Waals surface area contributed by atoms with Crippen LogP contribution in [0, 0.1) is 0 Å². The van der Waals surface area contributed by atoms with Gasteiger partial charge in [-0.25, -0.2) is 4.79 Å². The second-order valence-electron chi connectivity index (χ2n) is 5.95. The number of nitrogens with one attached hydrogen (secondary N) is 1. The maximum absolute atomic E-state index is 12.8. The van der Waals surface area contributed by atoms with Gasteiger partial charge in [-0.05, 0) is 45.0 Å². The van der Waals surface area contributed by atoms with Gasteiger partial charge in [0.1, 0.15) is 5.76 Å². The SMILES string of the molecule is CC(C)NC(=O)[C@@H](C)OC(=O)c1ccc(-c2cccc(C(F)(F)F)c2)o1. The molecule has 1 N–H and O–H groups in total. The molecule has 0 saturated heterocycles. The fourth-order valence-electron chi connectivity index (χ4n) is 2.13. The van der Waals surface area contributed by atoms with Crippen LogP contribution in [0.25, 0.3) is 11.3 Å². The van der Waals surface area contributed by atoms with Crippen LogP contribution in [-0.4, -0.2) is 24.0 Å². The number of carbonyl (C=O) groups excluding carboxylic acids is 2. The standard InChI is InChI=1S/C18H18F3NO4/c1-10(2)22-16(23)11(3)25-17(24)15-8-7-14(26-15)12-5-4-6-13(9-12)18(19,20)21/h4-11H,1-3H3,(H,22,23)/t11-/m1/s1. The fourth-order valence-corrected chi connectivity index (χ4v) is 2.13. The number of ether oxygens (including phenoxy) is 1. The van der Waals surface area contributed by atoms with Gasteiger partial charge in [0.05, 0.1) is 5.56 Å². The number of esters is 1. The van der Waals surface area contributed by atoms with Gasteiger partial charge in [-0.2, -0.15) is 13.2 Å². The fraction of sp³-hybridized carbons (Fsp3) is 0.333. The van der Waals surface area contributed by atoms with E-state index in [9.17, 15) is 22.8 Å². The quantitative estimate of drug-likeness (QED) is 0.808. The lowest BCUT2D eigenvalue weighted by Crippen LogP contribution is -2.39. The van der Waals surface area contributed by atoms with Crippen molar-refractivity contribution in [2.45, 2.75) is 39.1 Å².